The molecule has 140 valence electrons. The number of thiazole rings is 1. The number of benzene rings is 2. The smallest absolute Gasteiger partial charge is 0.230 e. The number of amides is 1. The highest BCUT2D eigenvalue weighted by molar-refractivity contribution is 8.00. The van der Waals surface area contributed by atoms with E-state index in [-0.39, 0.29) is 18.1 Å². The quantitative estimate of drug-likeness (QED) is 0.561. The van der Waals surface area contributed by atoms with Gasteiger partial charge in [-0.2, -0.15) is 0 Å². The van der Waals surface area contributed by atoms with Gasteiger partial charge in [-0.1, -0.05) is 30.0 Å². The Morgan fingerprint density at radius 1 is 1.26 bits per heavy atom. The fourth-order valence-electron chi connectivity index (χ4n) is 2.44. The summed E-state index contributed by atoms with van der Waals surface area (Å²) in [7, 11) is 1.57. The second kappa shape index (κ2) is 9.01. The number of carbonyl (C=O) groups is 1. The molecule has 0 aliphatic rings. The second-order valence-electron chi connectivity index (χ2n) is 5.95. The molecule has 3 aromatic rings. The van der Waals surface area contributed by atoms with Crippen LogP contribution in [0.2, 0.25) is 0 Å². The lowest BCUT2D eigenvalue weighted by atomic mass is 10.2. The van der Waals surface area contributed by atoms with Gasteiger partial charge in [0.05, 0.1) is 24.9 Å². The van der Waals surface area contributed by atoms with E-state index in [1.165, 1.54) is 23.5 Å². The van der Waals surface area contributed by atoms with Crippen molar-refractivity contribution in [2.45, 2.75) is 23.4 Å². The fraction of sp³-hybridized carbons (Fsp3) is 0.200. The number of thioether (sulfide) groups is 1. The van der Waals surface area contributed by atoms with Gasteiger partial charge in [-0.05, 0) is 42.3 Å². The monoisotopic (exact) mass is 402 g/mol. The van der Waals surface area contributed by atoms with Gasteiger partial charge in [0.25, 0.3) is 0 Å². The summed E-state index contributed by atoms with van der Waals surface area (Å²) >= 11 is 3.08. The molecule has 1 heterocycles. The molecule has 7 heteroatoms. The molecule has 2 aromatic carbocycles. The zero-order valence-electron chi connectivity index (χ0n) is 15.0. The molecule has 1 aromatic heterocycles. The maximum Gasteiger partial charge on any atom is 0.230 e. The zero-order valence-corrected chi connectivity index (χ0v) is 16.6. The summed E-state index contributed by atoms with van der Waals surface area (Å²) in [4.78, 5) is 16.8. The van der Waals surface area contributed by atoms with Crippen molar-refractivity contribution in [3.63, 3.8) is 0 Å². The zero-order chi connectivity index (χ0) is 19.2. The van der Waals surface area contributed by atoms with Gasteiger partial charge < -0.3 is 10.1 Å². The Labute approximate surface area is 165 Å². The second-order valence-corrected chi connectivity index (χ2v) is 8.03. The Kier molecular flexibility index (Phi) is 6.47. The van der Waals surface area contributed by atoms with Crippen LogP contribution in [0.1, 0.15) is 16.8 Å². The van der Waals surface area contributed by atoms with Crippen LogP contribution in [0.3, 0.4) is 0 Å². The Morgan fingerprint density at radius 2 is 2.04 bits per heavy atom. The van der Waals surface area contributed by atoms with Crippen molar-refractivity contribution >= 4 is 34.7 Å². The van der Waals surface area contributed by atoms with Gasteiger partial charge in [0.1, 0.15) is 15.9 Å². The maximum atomic E-state index is 12.9. The van der Waals surface area contributed by atoms with Crippen molar-refractivity contribution in [3.8, 4) is 5.75 Å². The average molecular weight is 403 g/mol. The number of nitrogens with zero attached hydrogens (tertiary/aromatic N) is 1. The lowest BCUT2D eigenvalue weighted by Gasteiger charge is -2.10. The molecule has 0 unspecified atom stereocenters. The van der Waals surface area contributed by atoms with Crippen LogP contribution in [0.15, 0.2) is 52.2 Å². The largest absolute Gasteiger partial charge is 0.495 e. The number of halogens is 1. The molecule has 0 fully saturated rings. The van der Waals surface area contributed by atoms with E-state index in [0.717, 1.165) is 21.2 Å². The Bertz CT molecular complexity index is 926. The number of anilines is 1. The molecule has 1 amide bonds. The molecule has 0 aliphatic carbocycles. The minimum absolute atomic E-state index is 0.140. The van der Waals surface area contributed by atoms with Crippen molar-refractivity contribution in [1.29, 1.82) is 0 Å². The molecule has 0 bridgehead atoms. The lowest BCUT2D eigenvalue weighted by molar-refractivity contribution is -0.115. The molecule has 1 N–H and O–H groups in total. The SMILES string of the molecule is COc1ccc(C)cc1NC(=O)Cc1csc(SCc2ccc(F)cc2)n1. The van der Waals surface area contributed by atoms with Gasteiger partial charge in [0.15, 0.2) is 0 Å². The average Bonchev–Trinajstić information content (AvgIpc) is 3.08. The van der Waals surface area contributed by atoms with E-state index < -0.39 is 0 Å². The number of nitrogens with one attached hydrogen (secondary N) is 1. The van der Waals surface area contributed by atoms with Crippen LogP contribution < -0.4 is 10.1 Å². The van der Waals surface area contributed by atoms with E-state index in [1.54, 1.807) is 31.0 Å². The maximum absolute atomic E-state index is 12.9. The lowest BCUT2D eigenvalue weighted by Crippen LogP contribution is -2.15. The summed E-state index contributed by atoms with van der Waals surface area (Å²) in [6.07, 6.45) is 0.199. The molecule has 4 nitrogen and oxygen atoms in total. The molecule has 0 aliphatic heterocycles. The van der Waals surface area contributed by atoms with Crippen molar-refractivity contribution in [2.75, 3.05) is 12.4 Å². The third-order valence-electron chi connectivity index (χ3n) is 3.78. The summed E-state index contributed by atoms with van der Waals surface area (Å²) < 4.78 is 19.1. The summed E-state index contributed by atoms with van der Waals surface area (Å²) in [5.74, 6) is 0.957. The first-order valence-electron chi connectivity index (χ1n) is 8.29. The van der Waals surface area contributed by atoms with E-state index in [2.05, 4.69) is 10.3 Å². The number of aryl methyl sites for hydroxylation is 1. The van der Waals surface area contributed by atoms with Crippen LogP contribution in [0.4, 0.5) is 10.1 Å². The van der Waals surface area contributed by atoms with Crippen molar-refractivity contribution in [3.05, 3.63) is 70.5 Å². The van der Waals surface area contributed by atoms with Crippen LogP contribution in [-0.4, -0.2) is 18.0 Å². The van der Waals surface area contributed by atoms with E-state index in [4.69, 9.17) is 4.74 Å². The number of methoxy groups -OCH3 is 1. The van der Waals surface area contributed by atoms with E-state index in [1.807, 2.05) is 30.5 Å². The van der Waals surface area contributed by atoms with Crippen LogP contribution in [0.25, 0.3) is 0 Å². The molecule has 0 atom stereocenters. The first kappa shape index (κ1) is 19.4. The normalized spacial score (nSPS) is 10.6. The first-order chi connectivity index (χ1) is 13.0. The summed E-state index contributed by atoms with van der Waals surface area (Å²) in [6.45, 7) is 1.96. The van der Waals surface area contributed by atoms with Crippen LogP contribution in [-0.2, 0) is 17.0 Å². The third-order valence-corrected chi connectivity index (χ3v) is 5.92. The van der Waals surface area contributed by atoms with Crippen LogP contribution in [0, 0.1) is 12.7 Å². The highest BCUT2D eigenvalue weighted by Crippen LogP contribution is 2.28. The molecule has 0 spiro atoms. The summed E-state index contributed by atoms with van der Waals surface area (Å²) in [5.41, 5.74) is 3.45. The Hall–Kier alpha value is -2.38. The van der Waals surface area contributed by atoms with E-state index >= 15 is 0 Å². The minimum Gasteiger partial charge on any atom is -0.495 e. The molecule has 0 saturated heterocycles. The number of rotatable bonds is 7. The van der Waals surface area contributed by atoms with Crippen molar-refractivity contribution in [2.24, 2.45) is 0 Å². The predicted molar refractivity (Wildman–Crippen MR) is 108 cm³/mol. The molecule has 3 rings (SSSR count). The number of carbonyl (C=O) groups excluding carboxylic acids is 1. The first-order valence-corrected chi connectivity index (χ1v) is 10.2. The highest BCUT2D eigenvalue weighted by Gasteiger charge is 2.11. The van der Waals surface area contributed by atoms with Gasteiger partial charge in [-0.3, -0.25) is 4.79 Å². The van der Waals surface area contributed by atoms with Crippen molar-refractivity contribution in [1.82, 2.24) is 4.98 Å². The van der Waals surface area contributed by atoms with Gasteiger partial charge in [0, 0.05) is 11.1 Å². The number of aromatic nitrogens is 1. The molecular formula is C20H19FN2O2S2. The van der Waals surface area contributed by atoms with Crippen LogP contribution in [0.5, 0.6) is 5.75 Å². The molecular weight excluding hydrogens is 383 g/mol. The Morgan fingerprint density at radius 3 is 2.78 bits per heavy atom. The minimum atomic E-state index is -0.239. The van der Waals surface area contributed by atoms with Gasteiger partial charge in [-0.15, -0.1) is 11.3 Å². The van der Waals surface area contributed by atoms with Gasteiger partial charge >= 0.3 is 0 Å². The van der Waals surface area contributed by atoms with Crippen molar-refractivity contribution < 1.29 is 13.9 Å². The fourth-order valence-corrected chi connectivity index (χ4v) is 4.24. The third kappa shape index (κ3) is 5.55. The number of hydrogen-bond donors (Lipinski definition) is 1. The predicted octanol–water partition coefficient (Wildman–Crippen LogP) is 5.07. The standard InChI is InChI=1S/C20H19FN2O2S2/c1-13-3-8-18(25-2)17(9-13)23-19(24)10-16-12-27-20(22-16)26-11-14-4-6-15(21)7-5-14/h3-9,12H,10-11H2,1-2H3,(H,23,24). The van der Waals surface area contributed by atoms with E-state index in [0.29, 0.717) is 17.2 Å². The summed E-state index contributed by atoms with van der Waals surface area (Å²) in [5, 5.41) is 4.77. The molecule has 0 radical (unpaired) electrons. The van der Waals surface area contributed by atoms with Crippen LogP contribution >= 0.6 is 23.1 Å². The highest BCUT2D eigenvalue weighted by atomic mass is 32.2. The van der Waals surface area contributed by atoms with E-state index in [9.17, 15) is 9.18 Å². The van der Waals surface area contributed by atoms with Gasteiger partial charge in [0.2, 0.25) is 5.91 Å². The number of hydrogen-bond acceptors (Lipinski definition) is 5. The number of ether oxygens (including phenoxy) is 1. The molecule has 0 saturated carbocycles. The topological polar surface area (TPSA) is 51.2 Å². The Balaban J connectivity index is 1.56. The van der Waals surface area contributed by atoms with Gasteiger partial charge in [-0.25, -0.2) is 9.37 Å². The summed E-state index contributed by atoms with van der Waals surface area (Å²) in [6, 6.07) is 12.1. The molecule has 27 heavy (non-hydrogen) atoms.